The third-order valence-electron chi connectivity index (χ3n) is 5.06. The van der Waals surface area contributed by atoms with E-state index >= 15 is 0 Å². The van der Waals surface area contributed by atoms with Crippen LogP contribution in [0.1, 0.15) is 35.7 Å². The third kappa shape index (κ3) is 5.82. The van der Waals surface area contributed by atoms with Gasteiger partial charge in [0.05, 0.1) is 5.25 Å². The number of carbonyl (C=O) groups excluding carboxylic acids is 1. The summed E-state index contributed by atoms with van der Waals surface area (Å²) in [5, 5.41) is 3.11. The van der Waals surface area contributed by atoms with E-state index < -0.39 is 0 Å². The molecule has 1 amide bonds. The molecule has 1 atom stereocenters. The Hall–Kier alpha value is -2.93. The monoisotopic (exact) mass is 439 g/mol. The quantitative estimate of drug-likeness (QED) is 0.426. The molecule has 1 N–H and O–H groups in total. The fourth-order valence-electron chi connectivity index (χ4n) is 3.19. The summed E-state index contributed by atoms with van der Waals surface area (Å²) in [6, 6.07) is 15.8. The molecule has 162 valence electrons. The van der Waals surface area contributed by atoms with Crippen molar-refractivity contribution in [2.75, 3.05) is 0 Å². The van der Waals surface area contributed by atoms with Crippen molar-refractivity contribution in [1.29, 1.82) is 0 Å². The molecule has 3 rings (SSSR count). The van der Waals surface area contributed by atoms with Crippen molar-refractivity contribution < 1.29 is 9.18 Å². The first-order chi connectivity index (χ1) is 14.9. The Kier molecular flexibility index (Phi) is 7.63. The minimum atomic E-state index is -0.357. The van der Waals surface area contributed by atoms with Crippen LogP contribution in [0, 0.1) is 12.7 Å². The molecule has 0 spiro atoms. The number of hydrogen-bond acceptors (Lipinski definition) is 4. The van der Waals surface area contributed by atoms with Gasteiger partial charge in [-0.15, -0.1) is 0 Å². The van der Waals surface area contributed by atoms with Crippen LogP contribution in [0.4, 0.5) is 4.39 Å². The number of aromatic nitrogens is 2. The number of benzene rings is 2. The smallest absolute Gasteiger partial charge is 0.257 e. The van der Waals surface area contributed by atoms with E-state index in [1.165, 1.54) is 28.5 Å². The van der Waals surface area contributed by atoms with E-state index in [0.29, 0.717) is 35.8 Å². The number of hydrogen-bond donors (Lipinski definition) is 1. The Bertz CT molecular complexity index is 1100. The molecule has 7 heteroatoms. The number of amides is 1. The first-order valence-corrected chi connectivity index (χ1v) is 11.1. The summed E-state index contributed by atoms with van der Waals surface area (Å²) < 4.78 is 14.6. The van der Waals surface area contributed by atoms with Gasteiger partial charge in [-0.25, -0.2) is 9.37 Å². The second-order valence-corrected chi connectivity index (χ2v) is 8.51. The Morgan fingerprint density at radius 1 is 1.13 bits per heavy atom. The van der Waals surface area contributed by atoms with Gasteiger partial charge in [-0.2, -0.15) is 0 Å². The van der Waals surface area contributed by atoms with Crippen LogP contribution >= 0.6 is 11.8 Å². The number of thioether (sulfide) groups is 1. The second-order valence-electron chi connectivity index (χ2n) is 7.34. The van der Waals surface area contributed by atoms with Crippen molar-refractivity contribution >= 4 is 17.7 Å². The molecule has 2 aromatic carbocycles. The summed E-state index contributed by atoms with van der Waals surface area (Å²) >= 11 is 1.29. The summed E-state index contributed by atoms with van der Waals surface area (Å²) in [6.45, 7) is 4.19. The summed E-state index contributed by atoms with van der Waals surface area (Å²) in [7, 11) is 1.67. The van der Waals surface area contributed by atoms with Gasteiger partial charge < -0.3 is 5.32 Å². The zero-order valence-corrected chi connectivity index (χ0v) is 18.7. The largest absolute Gasteiger partial charge is 0.351 e. The van der Waals surface area contributed by atoms with E-state index in [4.69, 9.17) is 0 Å². The molecule has 0 fully saturated rings. The lowest BCUT2D eigenvalue weighted by Crippen LogP contribution is -2.33. The average molecular weight is 440 g/mol. The van der Waals surface area contributed by atoms with Crippen LogP contribution in [0.5, 0.6) is 0 Å². The van der Waals surface area contributed by atoms with E-state index in [2.05, 4.69) is 10.3 Å². The minimum Gasteiger partial charge on any atom is -0.351 e. The Labute approximate surface area is 185 Å². The molecule has 1 aromatic heterocycles. The first-order valence-electron chi connectivity index (χ1n) is 10.2. The van der Waals surface area contributed by atoms with Gasteiger partial charge in [-0.1, -0.05) is 61.2 Å². The third-order valence-corrected chi connectivity index (χ3v) is 6.47. The zero-order valence-electron chi connectivity index (χ0n) is 17.9. The van der Waals surface area contributed by atoms with E-state index in [-0.39, 0.29) is 22.5 Å². The fourth-order valence-corrected chi connectivity index (χ4v) is 4.24. The number of nitrogens with one attached hydrogen (secondary N) is 1. The van der Waals surface area contributed by atoms with Crippen LogP contribution in [-0.4, -0.2) is 20.7 Å². The molecular weight excluding hydrogens is 413 g/mol. The highest BCUT2D eigenvalue weighted by molar-refractivity contribution is 8.00. The lowest BCUT2D eigenvalue weighted by atomic mass is 10.1. The maximum absolute atomic E-state index is 13.2. The molecule has 0 radical (unpaired) electrons. The lowest BCUT2D eigenvalue weighted by molar-refractivity contribution is -0.120. The normalized spacial score (nSPS) is 11.9. The van der Waals surface area contributed by atoms with Crippen LogP contribution in [0.3, 0.4) is 0 Å². The van der Waals surface area contributed by atoms with Crippen LogP contribution in [0.25, 0.3) is 0 Å². The van der Waals surface area contributed by atoms with Gasteiger partial charge in [0.2, 0.25) is 5.91 Å². The van der Waals surface area contributed by atoms with E-state index in [9.17, 15) is 14.0 Å². The molecule has 0 aliphatic carbocycles. The van der Waals surface area contributed by atoms with Gasteiger partial charge in [-0.05, 0) is 36.6 Å². The topological polar surface area (TPSA) is 64.0 Å². The first kappa shape index (κ1) is 22.7. The number of carbonyl (C=O) groups is 1. The van der Waals surface area contributed by atoms with Gasteiger partial charge in [-0.3, -0.25) is 14.2 Å². The Balaban J connectivity index is 1.74. The SMILES string of the molecule is CCC(Sc1nc(C)c(Cc2ccc(F)cc2)c(=O)n1C)C(=O)NCc1ccccc1. The number of aryl methyl sites for hydroxylation is 1. The Morgan fingerprint density at radius 3 is 2.45 bits per heavy atom. The molecule has 3 aromatic rings. The van der Waals surface area contributed by atoms with Gasteiger partial charge in [0.25, 0.3) is 5.56 Å². The molecule has 31 heavy (non-hydrogen) atoms. The maximum atomic E-state index is 13.2. The molecule has 0 bridgehead atoms. The predicted octanol–water partition coefficient (Wildman–Crippen LogP) is 4.01. The van der Waals surface area contributed by atoms with Crippen molar-refractivity contribution in [2.24, 2.45) is 7.05 Å². The van der Waals surface area contributed by atoms with Crippen LogP contribution < -0.4 is 10.9 Å². The summed E-state index contributed by atoms with van der Waals surface area (Å²) in [4.78, 5) is 30.3. The molecule has 1 unspecified atom stereocenters. The molecule has 0 saturated heterocycles. The summed E-state index contributed by atoms with van der Waals surface area (Å²) in [6.07, 6.45) is 0.989. The molecular formula is C24H26FN3O2S. The summed E-state index contributed by atoms with van der Waals surface area (Å²) in [5.74, 6) is -0.395. The molecule has 0 saturated carbocycles. The number of nitrogens with zero attached hydrogens (tertiary/aromatic N) is 2. The standard InChI is InChI=1S/C24H26FN3O2S/c1-4-21(22(29)26-15-18-8-6-5-7-9-18)31-24-27-16(2)20(23(30)28(24)3)14-17-10-12-19(25)13-11-17/h5-13,21H,4,14-15H2,1-3H3,(H,26,29). The second kappa shape index (κ2) is 10.4. The highest BCUT2D eigenvalue weighted by Gasteiger charge is 2.21. The van der Waals surface area contributed by atoms with Gasteiger partial charge >= 0.3 is 0 Å². The number of rotatable bonds is 8. The van der Waals surface area contributed by atoms with Crippen LogP contribution in [0.2, 0.25) is 0 Å². The molecule has 0 aliphatic rings. The van der Waals surface area contributed by atoms with Crippen molar-refractivity contribution in [3.63, 3.8) is 0 Å². The highest BCUT2D eigenvalue weighted by Crippen LogP contribution is 2.24. The van der Waals surface area contributed by atoms with E-state index in [1.807, 2.05) is 37.3 Å². The van der Waals surface area contributed by atoms with Crippen LogP contribution in [0.15, 0.2) is 64.5 Å². The van der Waals surface area contributed by atoms with Crippen molar-refractivity contribution in [2.45, 2.75) is 43.6 Å². The Morgan fingerprint density at radius 2 is 1.81 bits per heavy atom. The van der Waals surface area contributed by atoms with Crippen LogP contribution in [-0.2, 0) is 24.8 Å². The van der Waals surface area contributed by atoms with E-state index in [1.54, 1.807) is 26.1 Å². The van der Waals surface area contributed by atoms with Crippen molar-refractivity contribution in [3.05, 3.63) is 93.2 Å². The molecule has 5 nitrogen and oxygen atoms in total. The van der Waals surface area contributed by atoms with Gasteiger partial charge in [0.15, 0.2) is 5.16 Å². The number of halogens is 1. The van der Waals surface area contributed by atoms with E-state index in [0.717, 1.165) is 11.1 Å². The lowest BCUT2D eigenvalue weighted by Gasteiger charge is -2.17. The maximum Gasteiger partial charge on any atom is 0.257 e. The fraction of sp³-hybridized carbons (Fsp3) is 0.292. The zero-order chi connectivity index (χ0) is 22.4. The minimum absolute atomic E-state index is 0.0846. The predicted molar refractivity (Wildman–Crippen MR) is 122 cm³/mol. The summed E-state index contributed by atoms with van der Waals surface area (Å²) in [5.41, 5.74) is 2.91. The van der Waals surface area contributed by atoms with Crippen molar-refractivity contribution in [1.82, 2.24) is 14.9 Å². The van der Waals surface area contributed by atoms with Crippen molar-refractivity contribution in [3.8, 4) is 0 Å². The van der Waals surface area contributed by atoms with Gasteiger partial charge in [0, 0.05) is 31.3 Å². The highest BCUT2D eigenvalue weighted by atomic mass is 32.2. The molecule has 1 heterocycles. The average Bonchev–Trinajstić information content (AvgIpc) is 2.78. The van der Waals surface area contributed by atoms with Gasteiger partial charge in [0.1, 0.15) is 5.82 Å². The molecule has 0 aliphatic heterocycles.